The lowest BCUT2D eigenvalue weighted by Crippen LogP contribution is -2.42. The number of hydrogen-bond acceptors (Lipinski definition) is 4. The van der Waals surface area contributed by atoms with Gasteiger partial charge in [0.25, 0.3) is 0 Å². The van der Waals surface area contributed by atoms with Gasteiger partial charge in [0.2, 0.25) is 0 Å². The van der Waals surface area contributed by atoms with Gasteiger partial charge >= 0.3 is 6.03 Å². The number of carbonyl (C=O) groups is 1. The van der Waals surface area contributed by atoms with E-state index in [1.165, 1.54) is 0 Å². The van der Waals surface area contributed by atoms with Crippen molar-refractivity contribution in [1.82, 2.24) is 4.90 Å². The van der Waals surface area contributed by atoms with E-state index in [-0.39, 0.29) is 6.23 Å². The minimum absolute atomic E-state index is 0.252. The molecule has 166 valence electrons. The van der Waals surface area contributed by atoms with Crippen molar-refractivity contribution < 1.29 is 9.53 Å². The highest BCUT2D eigenvalue weighted by Gasteiger charge is 2.32. The number of rotatable bonds is 8. The van der Waals surface area contributed by atoms with Crippen LogP contribution in [0.5, 0.6) is 5.75 Å². The second kappa shape index (κ2) is 10.6. The molecule has 0 saturated carbocycles. The van der Waals surface area contributed by atoms with Crippen LogP contribution in [0.4, 0.5) is 16.2 Å². The molecule has 1 aliphatic rings. The molecule has 10 heteroatoms. The zero-order valence-electron chi connectivity index (χ0n) is 17.0. The fraction of sp³-hybridized carbons (Fsp3) is 0.333. The molecule has 2 N–H and O–H groups in total. The van der Waals surface area contributed by atoms with E-state index in [9.17, 15) is 4.79 Å². The summed E-state index contributed by atoms with van der Waals surface area (Å²) in [6, 6.07) is 11.9. The van der Waals surface area contributed by atoms with Gasteiger partial charge in [0.05, 0.1) is 15.7 Å². The average Bonchev–Trinajstić information content (AvgIpc) is 3.13. The second-order valence-electron chi connectivity index (χ2n) is 7.09. The number of amides is 2. The first-order chi connectivity index (χ1) is 14.8. The van der Waals surface area contributed by atoms with E-state index in [0.29, 0.717) is 33.1 Å². The topological polar surface area (TPSA) is 62.0 Å². The molecule has 2 amide bonds. The zero-order chi connectivity index (χ0) is 22.5. The first-order valence-corrected chi connectivity index (χ1v) is 11.5. The summed E-state index contributed by atoms with van der Waals surface area (Å²) in [5, 5.41) is 1.66. The first kappa shape index (κ1) is 23.8. The number of hydrogen-bond donors (Lipinski definition) is 2. The van der Waals surface area contributed by atoms with E-state index >= 15 is 0 Å². The Bertz CT molecular complexity index is 963. The highest BCUT2D eigenvalue weighted by molar-refractivity contribution is 7.82. The van der Waals surface area contributed by atoms with Gasteiger partial charge in [-0.3, -0.25) is 0 Å². The Balaban J connectivity index is 1.79. The predicted octanol–water partition coefficient (Wildman–Crippen LogP) is 5.73. The molecule has 1 fully saturated rings. The van der Waals surface area contributed by atoms with Crippen molar-refractivity contribution in [2.45, 2.75) is 32.4 Å². The summed E-state index contributed by atoms with van der Waals surface area (Å²) in [6.07, 6.45) is 2.56. The molecule has 1 aliphatic heterocycles. The first-order valence-electron chi connectivity index (χ1n) is 9.90. The smallest absolute Gasteiger partial charge is 0.329 e. The predicted molar refractivity (Wildman–Crippen MR) is 135 cm³/mol. The minimum Gasteiger partial charge on any atom is -0.470 e. The maximum absolute atomic E-state index is 11.4. The number of primary amides is 1. The van der Waals surface area contributed by atoms with Crippen molar-refractivity contribution in [3.63, 3.8) is 0 Å². The second-order valence-corrected chi connectivity index (χ2v) is 8.67. The molecule has 1 atom stereocenters. The number of halogens is 2. The largest absolute Gasteiger partial charge is 0.470 e. The molecule has 0 spiro atoms. The molecule has 2 aromatic carbocycles. The summed E-state index contributed by atoms with van der Waals surface area (Å²) < 4.78 is 7.39. The molecule has 0 aromatic heterocycles. The molecule has 3 rings (SSSR count). The third-order valence-corrected chi connectivity index (χ3v) is 6.57. The molecule has 1 heterocycles. The lowest BCUT2D eigenvalue weighted by atomic mass is 10.2. The van der Waals surface area contributed by atoms with Crippen molar-refractivity contribution in [3.8, 4) is 5.75 Å². The molecular formula is C21H24Cl2N4O2S2. The van der Waals surface area contributed by atoms with E-state index < -0.39 is 6.03 Å². The maximum atomic E-state index is 11.4. The maximum Gasteiger partial charge on any atom is 0.329 e. The summed E-state index contributed by atoms with van der Waals surface area (Å²) in [5.41, 5.74) is 6.74. The highest BCUT2D eigenvalue weighted by Crippen LogP contribution is 2.31. The summed E-state index contributed by atoms with van der Waals surface area (Å²) in [5.74, 6) is 0.606. The molecule has 0 radical (unpaired) electrons. The molecule has 0 bridgehead atoms. The molecule has 0 aliphatic carbocycles. The number of benzene rings is 2. The Kier molecular flexibility index (Phi) is 8.16. The Hall–Kier alpha value is -1.87. The summed E-state index contributed by atoms with van der Waals surface area (Å²) in [6.45, 7) is 3.57. The number of urea groups is 1. The van der Waals surface area contributed by atoms with Gasteiger partial charge < -0.3 is 20.3 Å². The van der Waals surface area contributed by atoms with Crippen molar-refractivity contribution in [3.05, 3.63) is 52.5 Å². The van der Waals surface area contributed by atoms with Crippen LogP contribution in [0.1, 0.15) is 26.2 Å². The molecule has 2 aromatic rings. The fourth-order valence-electron chi connectivity index (χ4n) is 3.34. The Morgan fingerprint density at radius 2 is 2.03 bits per heavy atom. The lowest BCUT2D eigenvalue weighted by Gasteiger charge is -2.31. The van der Waals surface area contributed by atoms with Gasteiger partial charge in [-0.15, -0.1) is 0 Å². The number of carbonyl (C=O) groups excluding carboxylic acids is 1. The monoisotopic (exact) mass is 498 g/mol. The van der Waals surface area contributed by atoms with Crippen LogP contribution in [0, 0.1) is 0 Å². The van der Waals surface area contributed by atoms with Crippen LogP contribution in [-0.4, -0.2) is 35.4 Å². The third kappa shape index (κ3) is 5.68. The van der Waals surface area contributed by atoms with E-state index in [2.05, 4.69) is 24.6 Å². The van der Waals surface area contributed by atoms with E-state index in [1.807, 2.05) is 23.1 Å². The highest BCUT2D eigenvalue weighted by atomic mass is 35.5. The van der Waals surface area contributed by atoms with Crippen molar-refractivity contribution in [1.29, 1.82) is 0 Å². The van der Waals surface area contributed by atoms with Crippen LogP contribution in [0.2, 0.25) is 10.0 Å². The van der Waals surface area contributed by atoms with Crippen LogP contribution in [0.15, 0.2) is 42.5 Å². The number of unbranched alkanes of at least 4 members (excludes halogenated alkanes) is 1. The minimum atomic E-state index is -0.666. The lowest BCUT2D eigenvalue weighted by molar-refractivity contribution is 0.0772. The van der Waals surface area contributed by atoms with E-state index in [1.54, 1.807) is 24.3 Å². The van der Waals surface area contributed by atoms with Crippen LogP contribution >= 0.6 is 48.2 Å². The number of ether oxygens (including phenoxy) is 1. The van der Waals surface area contributed by atoms with Gasteiger partial charge in [0, 0.05) is 31.3 Å². The Labute approximate surface area is 203 Å². The van der Waals surface area contributed by atoms with Gasteiger partial charge in [-0.05, 0) is 49.0 Å². The van der Waals surface area contributed by atoms with Gasteiger partial charge in [-0.2, -0.15) is 0 Å². The van der Waals surface area contributed by atoms with Crippen molar-refractivity contribution in [2.24, 2.45) is 5.73 Å². The van der Waals surface area contributed by atoms with Crippen LogP contribution < -0.4 is 19.7 Å². The summed E-state index contributed by atoms with van der Waals surface area (Å²) >= 11 is 22.1. The van der Waals surface area contributed by atoms with E-state index in [4.69, 9.17) is 45.9 Å². The van der Waals surface area contributed by atoms with Crippen molar-refractivity contribution >= 4 is 70.8 Å². The van der Waals surface area contributed by atoms with Gasteiger partial charge in [-0.1, -0.05) is 55.4 Å². The molecule has 1 unspecified atom stereocenters. The normalized spacial score (nSPS) is 14.6. The number of nitrogens with two attached hydrogens (primary N) is 1. The summed E-state index contributed by atoms with van der Waals surface area (Å²) in [7, 11) is 0. The van der Waals surface area contributed by atoms with E-state index in [0.717, 1.165) is 35.8 Å². The number of anilines is 2. The van der Waals surface area contributed by atoms with Crippen molar-refractivity contribution in [2.75, 3.05) is 22.3 Å². The van der Waals surface area contributed by atoms with Crippen LogP contribution in [0.3, 0.4) is 0 Å². The van der Waals surface area contributed by atoms with Gasteiger partial charge in [-0.25, -0.2) is 9.10 Å². The SMILES string of the molecule is CCCCC(Oc1cccc(N(S)C(N)=O)c1)N1CCN(c2ccc(Cl)c(Cl)c2)C1=S. The quantitative estimate of drug-likeness (QED) is 0.359. The standard InChI is InChI=1S/C21H24Cl2N4O2S2/c1-2-3-7-19(29-16-6-4-5-15(12-16)27(31)20(24)28)26-11-10-25(21(26)30)14-8-9-17(22)18(23)13-14/h4-6,8-9,12-13,19,31H,2-3,7,10-11H2,1H3,(H2,24,28). The third-order valence-electron chi connectivity index (χ3n) is 4.95. The number of nitrogens with zero attached hydrogens (tertiary/aromatic N) is 3. The zero-order valence-corrected chi connectivity index (χ0v) is 20.2. The molecule has 1 saturated heterocycles. The van der Waals surface area contributed by atoms with Gasteiger partial charge in [0.15, 0.2) is 11.3 Å². The average molecular weight is 499 g/mol. The Morgan fingerprint density at radius 3 is 2.71 bits per heavy atom. The number of thiocarbonyl (C=S) groups is 1. The van der Waals surface area contributed by atoms with Crippen LogP contribution in [-0.2, 0) is 0 Å². The van der Waals surface area contributed by atoms with Crippen LogP contribution in [0.25, 0.3) is 0 Å². The van der Waals surface area contributed by atoms with Gasteiger partial charge in [0.1, 0.15) is 5.75 Å². The fourth-order valence-corrected chi connectivity index (χ4v) is 4.17. The molecule has 31 heavy (non-hydrogen) atoms. The Morgan fingerprint density at radius 1 is 1.26 bits per heavy atom. The summed E-state index contributed by atoms with van der Waals surface area (Å²) in [4.78, 5) is 15.5. The molecular weight excluding hydrogens is 475 g/mol. The number of thiol groups is 1. The molecule has 6 nitrogen and oxygen atoms in total.